The van der Waals surface area contributed by atoms with Crippen LogP contribution in [0.2, 0.25) is 0 Å². The standard InChI is InChI=1S/C16H13BrFNO3/c1-22-16(21)14(10-5-3-2-4-6-10)19-15(20)11-7-8-12(17)13(18)9-11/h2-9,14H,1H3,(H,19,20). The summed E-state index contributed by atoms with van der Waals surface area (Å²) in [4.78, 5) is 24.1. The monoisotopic (exact) mass is 365 g/mol. The third-order valence-electron chi connectivity index (χ3n) is 3.03. The molecule has 0 radical (unpaired) electrons. The van der Waals surface area contributed by atoms with E-state index in [-0.39, 0.29) is 10.0 Å². The van der Waals surface area contributed by atoms with Gasteiger partial charge in [0.1, 0.15) is 5.82 Å². The first-order chi connectivity index (χ1) is 10.5. The molecule has 0 aliphatic heterocycles. The Labute approximate surface area is 135 Å². The number of ether oxygens (including phenoxy) is 1. The van der Waals surface area contributed by atoms with Crippen molar-refractivity contribution in [2.24, 2.45) is 0 Å². The van der Waals surface area contributed by atoms with Crippen molar-refractivity contribution in [3.05, 3.63) is 69.9 Å². The molecule has 1 atom stereocenters. The number of nitrogens with one attached hydrogen (secondary N) is 1. The summed E-state index contributed by atoms with van der Waals surface area (Å²) >= 11 is 3.02. The summed E-state index contributed by atoms with van der Waals surface area (Å²) in [6.45, 7) is 0. The molecular weight excluding hydrogens is 353 g/mol. The van der Waals surface area contributed by atoms with Crippen molar-refractivity contribution in [2.75, 3.05) is 7.11 Å². The third kappa shape index (κ3) is 3.71. The second kappa shape index (κ2) is 7.17. The minimum atomic E-state index is -0.953. The number of methoxy groups -OCH3 is 1. The van der Waals surface area contributed by atoms with E-state index in [0.717, 1.165) is 6.07 Å². The van der Waals surface area contributed by atoms with Crippen LogP contribution in [-0.2, 0) is 9.53 Å². The maximum atomic E-state index is 13.5. The summed E-state index contributed by atoms with van der Waals surface area (Å²) in [5, 5.41) is 2.55. The molecule has 0 fully saturated rings. The quantitative estimate of drug-likeness (QED) is 0.846. The zero-order chi connectivity index (χ0) is 16.1. The van der Waals surface area contributed by atoms with Crippen LogP contribution in [0.15, 0.2) is 53.0 Å². The van der Waals surface area contributed by atoms with Crippen molar-refractivity contribution in [2.45, 2.75) is 6.04 Å². The number of hydrogen-bond acceptors (Lipinski definition) is 3. The molecule has 22 heavy (non-hydrogen) atoms. The minimum absolute atomic E-state index is 0.116. The predicted molar refractivity (Wildman–Crippen MR) is 82.8 cm³/mol. The number of benzene rings is 2. The molecule has 6 heteroatoms. The van der Waals surface area contributed by atoms with Crippen LogP contribution in [0.25, 0.3) is 0 Å². The average molecular weight is 366 g/mol. The summed E-state index contributed by atoms with van der Waals surface area (Å²) in [6, 6.07) is 11.7. The second-order valence-electron chi connectivity index (χ2n) is 4.47. The molecule has 0 spiro atoms. The Morgan fingerprint density at radius 3 is 2.45 bits per heavy atom. The number of hydrogen-bond donors (Lipinski definition) is 1. The first-order valence-electron chi connectivity index (χ1n) is 6.41. The van der Waals surface area contributed by atoms with Gasteiger partial charge < -0.3 is 10.1 Å². The molecule has 2 aromatic rings. The van der Waals surface area contributed by atoms with Gasteiger partial charge in [0.05, 0.1) is 11.6 Å². The van der Waals surface area contributed by atoms with E-state index in [0.29, 0.717) is 5.56 Å². The van der Waals surface area contributed by atoms with E-state index in [2.05, 4.69) is 21.2 Å². The van der Waals surface area contributed by atoms with E-state index in [1.54, 1.807) is 30.3 Å². The average Bonchev–Trinajstić information content (AvgIpc) is 2.55. The highest BCUT2D eigenvalue weighted by Gasteiger charge is 2.24. The van der Waals surface area contributed by atoms with Crippen LogP contribution < -0.4 is 5.32 Å². The molecule has 4 nitrogen and oxygen atoms in total. The molecule has 0 aromatic heterocycles. The number of carbonyl (C=O) groups is 2. The molecule has 1 N–H and O–H groups in total. The zero-order valence-corrected chi connectivity index (χ0v) is 13.3. The van der Waals surface area contributed by atoms with Gasteiger partial charge in [-0.15, -0.1) is 0 Å². The lowest BCUT2D eigenvalue weighted by molar-refractivity contribution is -0.143. The molecular formula is C16H13BrFNO3. The number of halogens is 2. The van der Waals surface area contributed by atoms with Crippen LogP contribution >= 0.6 is 15.9 Å². The highest BCUT2D eigenvalue weighted by molar-refractivity contribution is 9.10. The highest BCUT2D eigenvalue weighted by atomic mass is 79.9. The van der Waals surface area contributed by atoms with Gasteiger partial charge in [0.25, 0.3) is 5.91 Å². The second-order valence-corrected chi connectivity index (χ2v) is 5.32. The summed E-state index contributed by atoms with van der Waals surface area (Å²) in [5.74, 6) is -1.72. The number of esters is 1. The SMILES string of the molecule is COC(=O)C(NC(=O)c1ccc(Br)c(F)c1)c1ccccc1. The first kappa shape index (κ1) is 16.2. The van der Waals surface area contributed by atoms with Crippen LogP contribution in [0.1, 0.15) is 22.0 Å². The van der Waals surface area contributed by atoms with Crippen molar-refractivity contribution >= 4 is 27.8 Å². The minimum Gasteiger partial charge on any atom is -0.467 e. The number of rotatable bonds is 4. The lowest BCUT2D eigenvalue weighted by atomic mass is 10.1. The summed E-state index contributed by atoms with van der Waals surface area (Å²) < 4.78 is 18.5. The smallest absolute Gasteiger partial charge is 0.333 e. The molecule has 1 amide bonds. The van der Waals surface area contributed by atoms with Crippen molar-refractivity contribution in [1.82, 2.24) is 5.32 Å². The van der Waals surface area contributed by atoms with Crippen LogP contribution in [0.3, 0.4) is 0 Å². The van der Waals surface area contributed by atoms with E-state index in [4.69, 9.17) is 4.74 Å². The van der Waals surface area contributed by atoms with Gasteiger partial charge in [0.2, 0.25) is 0 Å². The fraction of sp³-hybridized carbons (Fsp3) is 0.125. The van der Waals surface area contributed by atoms with E-state index >= 15 is 0 Å². The summed E-state index contributed by atoms with van der Waals surface area (Å²) in [5.41, 5.74) is 0.700. The van der Waals surface area contributed by atoms with Gasteiger partial charge in [-0.1, -0.05) is 30.3 Å². The maximum Gasteiger partial charge on any atom is 0.333 e. The molecule has 114 valence electrons. The molecule has 1 unspecified atom stereocenters. The molecule has 0 aliphatic rings. The van der Waals surface area contributed by atoms with Gasteiger partial charge in [-0.3, -0.25) is 4.79 Å². The predicted octanol–water partition coefficient (Wildman–Crippen LogP) is 3.23. The fourth-order valence-corrected chi connectivity index (χ4v) is 2.14. The fourth-order valence-electron chi connectivity index (χ4n) is 1.89. The van der Waals surface area contributed by atoms with E-state index < -0.39 is 23.7 Å². The van der Waals surface area contributed by atoms with Crippen molar-refractivity contribution in [1.29, 1.82) is 0 Å². The highest BCUT2D eigenvalue weighted by Crippen LogP contribution is 2.18. The molecule has 0 bridgehead atoms. The Hall–Kier alpha value is -2.21. The Kier molecular flexibility index (Phi) is 5.27. The number of amides is 1. The maximum absolute atomic E-state index is 13.5. The Morgan fingerprint density at radius 1 is 1.18 bits per heavy atom. The third-order valence-corrected chi connectivity index (χ3v) is 3.67. The van der Waals surface area contributed by atoms with Crippen molar-refractivity contribution in [3.8, 4) is 0 Å². The molecule has 0 aliphatic carbocycles. The topological polar surface area (TPSA) is 55.4 Å². The molecule has 0 saturated carbocycles. The van der Waals surface area contributed by atoms with Gasteiger partial charge in [-0.05, 0) is 39.7 Å². The van der Waals surface area contributed by atoms with E-state index in [1.807, 2.05) is 0 Å². The van der Waals surface area contributed by atoms with Crippen LogP contribution in [-0.4, -0.2) is 19.0 Å². The van der Waals surface area contributed by atoms with Gasteiger partial charge in [-0.25, -0.2) is 9.18 Å². The molecule has 2 aromatic carbocycles. The van der Waals surface area contributed by atoms with Crippen LogP contribution in [0, 0.1) is 5.82 Å². The Morgan fingerprint density at radius 2 is 1.86 bits per heavy atom. The Balaban J connectivity index is 2.25. The van der Waals surface area contributed by atoms with Gasteiger partial charge >= 0.3 is 5.97 Å². The lowest BCUT2D eigenvalue weighted by Gasteiger charge is -2.17. The van der Waals surface area contributed by atoms with Crippen molar-refractivity contribution in [3.63, 3.8) is 0 Å². The largest absolute Gasteiger partial charge is 0.467 e. The first-order valence-corrected chi connectivity index (χ1v) is 7.21. The van der Waals surface area contributed by atoms with Crippen LogP contribution in [0.4, 0.5) is 4.39 Å². The summed E-state index contributed by atoms with van der Waals surface area (Å²) in [7, 11) is 1.24. The zero-order valence-electron chi connectivity index (χ0n) is 11.7. The number of carbonyl (C=O) groups excluding carboxylic acids is 2. The molecule has 0 saturated heterocycles. The van der Waals surface area contributed by atoms with Crippen LogP contribution in [0.5, 0.6) is 0 Å². The van der Waals surface area contributed by atoms with Gasteiger partial charge in [0.15, 0.2) is 6.04 Å². The Bertz CT molecular complexity index is 691. The van der Waals surface area contributed by atoms with Crippen molar-refractivity contribution < 1.29 is 18.7 Å². The molecule has 2 rings (SSSR count). The van der Waals surface area contributed by atoms with Gasteiger partial charge in [-0.2, -0.15) is 0 Å². The normalized spacial score (nSPS) is 11.6. The molecule has 0 heterocycles. The van der Waals surface area contributed by atoms with E-state index in [1.165, 1.54) is 19.2 Å². The van der Waals surface area contributed by atoms with E-state index in [9.17, 15) is 14.0 Å². The summed E-state index contributed by atoms with van der Waals surface area (Å²) in [6.07, 6.45) is 0. The lowest BCUT2D eigenvalue weighted by Crippen LogP contribution is -2.34. The van der Waals surface area contributed by atoms with Gasteiger partial charge in [0, 0.05) is 5.56 Å².